The number of benzene rings is 2. The van der Waals surface area contributed by atoms with Crippen LogP contribution in [0.1, 0.15) is 30.6 Å². The van der Waals surface area contributed by atoms with Gasteiger partial charge in [-0.3, -0.25) is 14.9 Å². The highest BCUT2D eigenvalue weighted by molar-refractivity contribution is 6.05. The average Bonchev–Trinajstić information content (AvgIpc) is 3.06. The highest BCUT2D eigenvalue weighted by Gasteiger charge is 2.28. The van der Waals surface area contributed by atoms with Gasteiger partial charge in [0.2, 0.25) is 0 Å². The maximum absolute atomic E-state index is 12.7. The van der Waals surface area contributed by atoms with E-state index < -0.39 is 10.8 Å². The number of carbonyl (C=O) groups excluding carboxylic acids is 1. The lowest BCUT2D eigenvalue weighted by Crippen LogP contribution is -2.39. The van der Waals surface area contributed by atoms with E-state index in [1.165, 1.54) is 6.07 Å². The van der Waals surface area contributed by atoms with E-state index in [1.54, 1.807) is 30.3 Å². The number of anilines is 2. The molecule has 0 spiro atoms. The number of imidazole rings is 1. The second-order valence-electron chi connectivity index (χ2n) is 8.11. The average molecular weight is 409 g/mol. The van der Waals surface area contributed by atoms with Crippen molar-refractivity contribution < 1.29 is 9.72 Å². The van der Waals surface area contributed by atoms with Gasteiger partial charge in [-0.2, -0.15) is 0 Å². The van der Waals surface area contributed by atoms with Gasteiger partial charge in [0.15, 0.2) is 0 Å². The summed E-state index contributed by atoms with van der Waals surface area (Å²) < 4.78 is 0. The number of aromatic amines is 2. The van der Waals surface area contributed by atoms with Gasteiger partial charge in [0, 0.05) is 30.4 Å². The first-order valence-electron chi connectivity index (χ1n) is 9.87. The first-order chi connectivity index (χ1) is 14.3. The Hall–Kier alpha value is -3.62. The summed E-state index contributed by atoms with van der Waals surface area (Å²) in [5, 5.41) is 14.4. The van der Waals surface area contributed by atoms with Crippen LogP contribution in [0.15, 0.2) is 41.2 Å². The van der Waals surface area contributed by atoms with Crippen LogP contribution >= 0.6 is 0 Å². The Balaban J connectivity index is 1.60. The van der Waals surface area contributed by atoms with E-state index in [0.717, 1.165) is 19.5 Å². The topological polar surface area (TPSA) is 124 Å². The van der Waals surface area contributed by atoms with Gasteiger partial charge in [-0.05, 0) is 48.6 Å². The highest BCUT2D eigenvalue weighted by atomic mass is 16.6. The van der Waals surface area contributed by atoms with Crippen molar-refractivity contribution in [2.45, 2.75) is 20.3 Å². The van der Waals surface area contributed by atoms with E-state index in [9.17, 15) is 19.7 Å². The number of nitrogens with one attached hydrogen (secondary N) is 3. The fourth-order valence-electron chi connectivity index (χ4n) is 4.25. The molecule has 2 unspecified atom stereocenters. The number of aromatic nitrogens is 2. The summed E-state index contributed by atoms with van der Waals surface area (Å²) in [7, 11) is 0. The number of nitrogens with zero attached hydrogens (tertiary/aromatic N) is 2. The molecule has 1 aromatic heterocycles. The molecular weight excluding hydrogens is 386 g/mol. The van der Waals surface area contributed by atoms with Crippen LogP contribution in [0, 0.1) is 22.0 Å². The summed E-state index contributed by atoms with van der Waals surface area (Å²) in [4.78, 5) is 42.7. The molecule has 9 heteroatoms. The van der Waals surface area contributed by atoms with E-state index >= 15 is 0 Å². The van der Waals surface area contributed by atoms with Gasteiger partial charge in [-0.25, -0.2) is 4.79 Å². The molecular formula is C21H23N5O4. The molecule has 1 fully saturated rings. The van der Waals surface area contributed by atoms with Gasteiger partial charge < -0.3 is 20.2 Å². The van der Waals surface area contributed by atoms with Crippen molar-refractivity contribution in [3.05, 3.63) is 62.6 Å². The molecule has 1 aliphatic rings. The number of H-pyrrole nitrogens is 2. The zero-order valence-corrected chi connectivity index (χ0v) is 16.8. The quantitative estimate of drug-likeness (QED) is 0.449. The number of rotatable bonds is 4. The Labute approximate surface area is 172 Å². The van der Waals surface area contributed by atoms with Crippen LogP contribution in [-0.4, -0.2) is 33.9 Å². The normalized spacial score (nSPS) is 19.1. The Bertz CT molecular complexity index is 1170. The lowest BCUT2D eigenvalue weighted by Gasteiger charge is -2.36. The Morgan fingerprint density at radius 1 is 1.10 bits per heavy atom. The molecule has 2 heterocycles. The van der Waals surface area contributed by atoms with Crippen LogP contribution in [-0.2, 0) is 0 Å². The maximum Gasteiger partial charge on any atom is 0.323 e. The molecule has 2 atom stereocenters. The largest absolute Gasteiger partial charge is 0.365 e. The monoisotopic (exact) mass is 409 g/mol. The van der Waals surface area contributed by atoms with E-state index in [-0.39, 0.29) is 16.9 Å². The molecule has 1 amide bonds. The van der Waals surface area contributed by atoms with Crippen LogP contribution in [0.2, 0.25) is 0 Å². The highest BCUT2D eigenvalue weighted by Crippen LogP contribution is 2.34. The van der Waals surface area contributed by atoms with Crippen LogP contribution < -0.4 is 15.9 Å². The van der Waals surface area contributed by atoms with Crippen LogP contribution in [0.3, 0.4) is 0 Å². The van der Waals surface area contributed by atoms with E-state index in [1.807, 2.05) is 4.90 Å². The summed E-state index contributed by atoms with van der Waals surface area (Å²) in [5.41, 5.74) is 2.01. The summed E-state index contributed by atoms with van der Waals surface area (Å²) in [5.74, 6) is 0.444. The van der Waals surface area contributed by atoms with Crippen molar-refractivity contribution in [2.75, 3.05) is 23.3 Å². The Kier molecular flexibility index (Phi) is 5.03. The van der Waals surface area contributed by atoms with Gasteiger partial charge in [-0.15, -0.1) is 0 Å². The zero-order chi connectivity index (χ0) is 21.4. The summed E-state index contributed by atoms with van der Waals surface area (Å²) in [6.45, 7) is 5.80. The molecule has 3 aromatic rings. The first kappa shape index (κ1) is 19.7. The molecule has 0 radical (unpaired) electrons. The molecule has 0 aliphatic carbocycles. The molecule has 4 rings (SSSR count). The predicted octanol–water partition coefficient (Wildman–Crippen LogP) is 3.50. The Morgan fingerprint density at radius 3 is 2.50 bits per heavy atom. The fraction of sp³-hybridized carbons (Fsp3) is 0.333. The van der Waals surface area contributed by atoms with Crippen molar-refractivity contribution in [1.29, 1.82) is 0 Å². The molecule has 1 aliphatic heterocycles. The first-order valence-corrected chi connectivity index (χ1v) is 9.87. The third kappa shape index (κ3) is 3.91. The van der Waals surface area contributed by atoms with E-state index in [4.69, 9.17) is 0 Å². The van der Waals surface area contributed by atoms with Gasteiger partial charge in [0.25, 0.3) is 11.6 Å². The summed E-state index contributed by atoms with van der Waals surface area (Å²) in [6, 6.07) is 9.55. The number of nitro benzene ring substituents is 1. The van der Waals surface area contributed by atoms with Crippen molar-refractivity contribution in [2.24, 2.45) is 11.8 Å². The smallest absolute Gasteiger partial charge is 0.323 e. The predicted molar refractivity (Wildman–Crippen MR) is 115 cm³/mol. The van der Waals surface area contributed by atoms with Gasteiger partial charge in [0.1, 0.15) is 5.69 Å². The number of amides is 1. The van der Waals surface area contributed by atoms with Crippen LogP contribution in [0.4, 0.5) is 17.1 Å². The van der Waals surface area contributed by atoms with Crippen molar-refractivity contribution in [3.8, 4) is 0 Å². The van der Waals surface area contributed by atoms with Gasteiger partial charge >= 0.3 is 5.69 Å². The summed E-state index contributed by atoms with van der Waals surface area (Å²) >= 11 is 0. The fourth-order valence-corrected chi connectivity index (χ4v) is 4.25. The van der Waals surface area contributed by atoms with Gasteiger partial charge in [0.05, 0.1) is 16.0 Å². The lowest BCUT2D eigenvalue weighted by atomic mass is 9.91. The molecule has 156 valence electrons. The second-order valence-corrected chi connectivity index (χ2v) is 8.11. The number of piperidine rings is 1. The summed E-state index contributed by atoms with van der Waals surface area (Å²) in [6.07, 6.45) is 1.10. The Morgan fingerprint density at radius 2 is 1.80 bits per heavy atom. The number of fused-ring (bicyclic) bond motifs is 1. The van der Waals surface area contributed by atoms with Crippen LogP contribution in [0.5, 0.6) is 0 Å². The van der Waals surface area contributed by atoms with Crippen molar-refractivity contribution in [1.82, 2.24) is 9.97 Å². The van der Waals surface area contributed by atoms with Crippen molar-refractivity contribution in [3.63, 3.8) is 0 Å². The van der Waals surface area contributed by atoms with Crippen LogP contribution in [0.25, 0.3) is 11.0 Å². The molecule has 3 N–H and O–H groups in total. The minimum atomic E-state index is -0.456. The number of carbonyl (C=O) groups is 1. The third-order valence-electron chi connectivity index (χ3n) is 5.42. The minimum Gasteiger partial charge on any atom is -0.365 e. The van der Waals surface area contributed by atoms with E-state index in [0.29, 0.717) is 34.2 Å². The minimum absolute atomic E-state index is 0.0747. The van der Waals surface area contributed by atoms with Crippen molar-refractivity contribution >= 4 is 34.0 Å². The SMILES string of the molecule is CC1CC(C)CN(c2ccc(C(=O)Nc3ccc4[nH]c(=O)[nH]c4c3)cc2[N+](=O)[O-])C1. The molecule has 1 saturated heterocycles. The van der Waals surface area contributed by atoms with Gasteiger partial charge in [-0.1, -0.05) is 13.8 Å². The number of nitro groups is 1. The standard InChI is InChI=1S/C21H23N5O4/c1-12-7-13(2)11-25(10-12)18-6-3-14(8-19(18)26(29)30)20(27)22-15-4-5-16-17(9-15)24-21(28)23-16/h3-6,8-9,12-13H,7,10-11H2,1-2H3,(H,22,27)(H2,23,24,28). The molecule has 2 aromatic carbocycles. The molecule has 0 bridgehead atoms. The lowest BCUT2D eigenvalue weighted by molar-refractivity contribution is -0.384. The third-order valence-corrected chi connectivity index (χ3v) is 5.42. The zero-order valence-electron chi connectivity index (χ0n) is 16.8. The van der Waals surface area contributed by atoms with E-state index in [2.05, 4.69) is 29.1 Å². The number of hydrogen-bond donors (Lipinski definition) is 3. The molecule has 9 nitrogen and oxygen atoms in total. The molecule has 30 heavy (non-hydrogen) atoms. The maximum atomic E-state index is 12.7. The second kappa shape index (κ2) is 7.66. The number of hydrogen-bond acceptors (Lipinski definition) is 5. The molecule has 0 saturated carbocycles.